The second-order valence-electron chi connectivity index (χ2n) is 5.25. The minimum absolute atomic E-state index is 0.0963. The molecule has 0 spiro atoms. The van der Waals surface area contributed by atoms with Crippen LogP contribution in [-0.2, 0) is 21.2 Å². The van der Waals surface area contributed by atoms with Crippen molar-refractivity contribution in [1.29, 1.82) is 0 Å². The van der Waals surface area contributed by atoms with Gasteiger partial charge in [-0.05, 0) is 36.6 Å². The largest absolute Gasteiger partial charge is 0.296 e. The maximum absolute atomic E-state index is 12.2. The lowest BCUT2D eigenvalue weighted by molar-refractivity contribution is -0.118. The van der Waals surface area contributed by atoms with Gasteiger partial charge in [-0.15, -0.1) is 0 Å². The standard InChI is InChI=1S/C17H18ClNO3S/c1-13-6-5-9-15(12-13)23(21,22)19-17(18)16(20)11-10-14-7-3-2-4-8-14/h2-9,12,17,19H,10-11H2,1H3. The van der Waals surface area contributed by atoms with Crippen LogP contribution in [0.5, 0.6) is 0 Å². The number of rotatable bonds is 7. The molecule has 2 aromatic carbocycles. The Morgan fingerprint density at radius 1 is 1.13 bits per heavy atom. The molecule has 0 amide bonds. The molecule has 0 aliphatic heterocycles. The van der Waals surface area contributed by atoms with Crippen molar-refractivity contribution in [2.45, 2.75) is 30.2 Å². The molecule has 23 heavy (non-hydrogen) atoms. The van der Waals surface area contributed by atoms with E-state index in [0.29, 0.717) is 6.42 Å². The highest BCUT2D eigenvalue weighted by molar-refractivity contribution is 7.89. The first-order valence-electron chi connectivity index (χ1n) is 7.18. The predicted molar refractivity (Wildman–Crippen MR) is 90.9 cm³/mol. The molecule has 1 atom stereocenters. The van der Waals surface area contributed by atoms with Crippen LogP contribution in [0, 0.1) is 6.92 Å². The molecular weight excluding hydrogens is 334 g/mol. The lowest BCUT2D eigenvalue weighted by Crippen LogP contribution is -2.36. The van der Waals surface area contributed by atoms with E-state index in [1.54, 1.807) is 19.1 Å². The molecule has 0 fully saturated rings. The average Bonchev–Trinajstić information content (AvgIpc) is 2.53. The van der Waals surface area contributed by atoms with Crippen LogP contribution >= 0.6 is 11.6 Å². The number of alkyl halides is 1. The lowest BCUT2D eigenvalue weighted by atomic mass is 10.1. The van der Waals surface area contributed by atoms with E-state index in [0.717, 1.165) is 11.1 Å². The predicted octanol–water partition coefficient (Wildman–Crippen LogP) is 3.04. The van der Waals surface area contributed by atoms with Crippen LogP contribution in [0.1, 0.15) is 17.5 Å². The highest BCUT2D eigenvalue weighted by atomic mass is 35.5. The highest BCUT2D eigenvalue weighted by Crippen LogP contribution is 2.13. The molecule has 4 nitrogen and oxygen atoms in total. The topological polar surface area (TPSA) is 63.2 Å². The van der Waals surface area contributed by atoms with Gasteiger partial charge in [-0.2, -0.15) is 4.72 Å². The molecule has 2 rings (SSSR count). The van der Waals surface area contributed by atoms with Crippen molar-refractivity contribution < 1.29 is 13.2 Å². The molecule has 122 valence electrons. The third kappa shape index (κ3) is 5.16. The highest BCUT2D eigenvalue weighted by Gasteiger charge is 2.23. The van der Waals surface area contributed by atoms with Gasteiger partial charge in [0.1, 0.15) is 0 Å². The van der Waals surface area contributed by atoms with E-state index >= 15 is 0 Å². The normalized spacial score (nSPS) is 12.8. The zero-order valence-electron chi connectivity index (χ0n) is 12.7. The van der Waals surface area contributed by atoms with Crippen LogP contribution < -0.4 is 4.72 Å². The third-order valence-electron chi connectivity index (χ3n) is 3.34. The zero-order valence-corrected chi connectivity index (χ0v) is 14.3. The van der Waals surface area contributed by atoms with Gasteiger partial charge in [0.25, 0.3) is 0 Å². The number of hydrogen-bond acceptors (Lipinski definition) is 3. The number of benzene rings is 2. The number of nitrogens with one attached hydrogen (secondary N) is 1. The fraction of sp³-hybridized carbons (Fsp3) is 0.235. The summed E-state index contributed by atoms with van der Waals surface area (Å²) in [5.74, 6) is -0.355. The van der Waals surface area contributed by atoms with E-state index in [4.69, 9.17) is 11.6 Å². The maximum Gasteiger partial charge on any atom is 0.242 e. The smallest absolute Gasteiger partial charge is 0.242 e. The minimum Gasteiger partial charge on any atom is -0.296 e. The molecule has 0 radical (unpaired) electrons. The molecule has 6 heteroatoms. The first-order valence-corrected chi connectivity index (χ1v) is 9.10. The van der Waals surface area contributed by atoms with Crippen LogP contribution in [0.2, 0.25) is 0 Å². The molecule has 0 heterocycles. The molecule has 0 bridgehead atoms. The van der Waals surface area contributed by atoms with Crippen molar-refractivity contribution in [3.05, 3.63) is 65.7 Å². The summed E-state index contributed by atoms with van der Waals surface area (Å²) in [6.07, 6.45) is 0.698. The molecular formula is C17H18ClNO3S. The first kappa shape index (κ1) is 17.7. The van der Waals surface area contributed by atoms with Gasteiger partial charge in [0.2, 0.25) is 10.0 Å². The molecule has 1 N–H and O–H groups in total. The number of ketones is 1. The lowest BCUT2D eigenvalue weighted by Gasteiger charge is -2.12. The fourth-order valence-electron chi connectivity index (χ4n) is 2.09. The molecule has 1 unspecified atom stereocenters. The van der Waals surface area contributed by atoms with Gasteiger partial charge in [-0.25, -0.2) is 8.42 Å². The summed E-state index contributed by atoms with van der Waals surface area (Å²) in [4.78, 5) is 12.1. The average molecular weight is 352 g/mol. The van der Waals surface area contributed by atoms with Crippen LogP contribution in [0.25, 0.3) is 0 Å². The second-order valence-corrected chi connectivity index (χ2v) is 7.40. The summed E-state index contributed by atoms with van der Waals surface area (Å²) in [6, 6.07) is 15.9. The van der Waals surface area contributed by atoms with E-state index in [1.165, 1.54) is 12.1 Å². The van der Waals surface area contributed by atoms with Crippen molar-refractivity contribution in [2.75, 3.05) is 0 Å². The quantitative estimate of drug-likeness (QED) is 0.616. The minimum atomic E-state index is -3.81. The number of aryl methyl sites for hydroxylation is 2. The molecule has 0 aliphatic carbocycles. The number of hydrogen-bond donors (Lipinski definition) is 1. The summed E-state index contributed by atoms with van der Waals surface area (Å²) in [7, 11) is -3.81. The van der Waals surface area contributed by atoms with E-state index < -0.39 is 15.5 Å². The Labute approximate surface area is 141 Å². The third-order valence-corrected chi connectivity index (χ3v) is 5.25. The van der Waals surface area contributed by atoms with Crippen LogP contribution in [0.15, 0.2) is 59.5 Å². The Kier molecular flexibility index (Phi) is 5.93. The van der Waals surface area contributed by atoms with Gasteiger partial charge in [-0.3, -0.25) is 4.79 Å². The van der Waals surface area contributed by atoms with E-state index in [1.807, 2.05) is 30.3 Å². The summed E-state index contributed by atoms with van der Waals surface area (Å²) in [6.45, 7) is 1.79. The van der Waals surface area contributed by atoms with Crippen LogP contribution in [0.4, 0.5) is 0 Å². The Morgan fingerprint density at radius 2 is 1.83 bits per heavy atom. The van der Waals surface area contributed by atoms with E-state index in [-0.39, 0.29) is 17.1 Å². The van der Waals surface area contributed by atoms with E-state index in [9.17, 15) is 13.2 Å². The van der Waals surface area contributed by atoms with Crippen molar-refractivity contribution in [2.24, 2.45) is 0 Å². The number of sulfonamides is 1. The Hall–Kier alpha value is -1.69. The van der Waals surface area contributed by atoms with Gasteiger partial charge in [-0.1, -0.05) is 54.1 Å². The Bertz CT molecular complexity index is 775. The zero-order chi connectivity index (χ0) is 16.9. The van der Waals surface area contributed by atoms with Crippen LogP contribution in [-0.4, -0.2) is 19.7 Å². The van der Waals surface area contributed by atoms with Gasteiger partial charge in [0.05, 0.1) is 4.90 Å². The summed E-state index contributed by atoms with van der Waals surface area (Å²) >= 11 is 5.93. The van der Waals surface area contributed by atoms with Crippen LogP contribution in [0.3, 0.4) is 0 Å². The van der Waals surface area contributed by atoms with Crippen molar-refractivity contribution in [3.8, 4) is 0 Å². The number of carbonyl (C=O) groups is 1. The van der Waals surface area contributed by atoms with Crippen molar-refractivity contribution in [3.63, 3.8) is 0 Å². The molecule has 0 aliphatic rings. The van der Waals surface area contributed by atoms with Gasteiger partial charge in [0.15, 0.2) is 11.3 Å². The Balaban J connectivity index is 1.97. The molecule has 0 saturated heterocycles. The van der Waals surface area contributed by atoms with Crippen molar-refractivity contribution in [1.82, 2.24) is 4.72 Å². The SMILES string of the molecule is Cc1cccc(S(=O)(=O)NC(Cl)C(=O)CCc2ccccc2)c1. The fourth-order valence-corrected chi connectivity index (χ4v) is 3.69. The van der Waals surface area contributed by atoms with Crippen molar-refractivity contribution >= 4 is 27.4 Å². The molecule has 2 aromatic rings. The van der Waals surface area contributed by atoms with Gasteiger partial charge < -0.3 is 0 Å². The Morgan fingerprint density at radius 3 is 2.48 bits per heavy atom. The number of Topliss-reactive ketones (excluding diaryl/α,β-unsaturated/α-hetero) is 1. The number of carbonyl (C=O) groups excluding carboxylic acids is 1. The summed E-state index contributed by atoms with van der Waals surface area (Å²) in [5, 5.41) is 0. The van der Waals surface area contributed by atoms with Gasteiger partial charge in [0, 0.05) is 6.42 Å². The first-order chi connectivity index (χ1) is 10.9. The second kappa shape index (κ2) is 7.73. The monoisotopic (exact) mass is 351 g/mol. The number of halogens is 1. The van der Waals surface area contributed by atoms with Gasteiger partial charge >= 0.3 is 0 Å². The maximum atomic E-state index is 12.2. The van der Waals surface area contributed by atoms with E-state index in [2.05, 4.69) is 4.72 Å². The molecule has 0 aromatic heterocycles. The summed E-state index contributed by atoms with van der Waals surface area (Å²) < 4.78 is 26.7. The summed E-state index contributed by atoms with van der Waals surface area (Å²) in [5.41, 5.74) is 0.546. The molecule has 0 saturated carbocycles.